The second kappa shape index (κ2) is 3.64. The van der Waals surface area contributed by atoms with Crippen LogP contribution in [0.3, 0.4) is 0 Å². The van der Waals surface area contributed by atoms with Crippen molar-refractivity contribution in [1.82, 2.24) is 0 Å². The molecule has 1 saturated heterocycles. The lowest BCUT2D eigenvalue weighted by atomic mass is 10.1. The van der Waals surface area contributed by atoms with Crippen LogP contribution in [-0.2, 0) is 9.47 Å². The van der Waals surface area contributed by atoms with Crippen molar-refractivity contribution in [3.8, 4) is 0 Å². The molecule has 0 radical (unpaired) electrons. The molecule has 1 heterocycles. The summed E-state index contributed by atoms with van der Waals surface area (Å²) in [7, 11) is 0. The van der Waals surface area contributed by atoms with Crippen molar-refractivity contribution in [3.05, 3.63) is 42.0 Å². The van der Waals surface area contributed by atoms with Gasteiger partial charge in [0.1, 0.15) is 6.61 Å². The van der Waals surface area contributed by atoms with Gasteiger partial charge in [-0.3, -0.25) is 0 Å². The molecule has 0 aromatic heterocycles. The molecule has 1 aliphatic rings. The van der Waals surface area contributed by atoms with E-state index in [4.69, 9.17) is 9.47 Å². The van der Waals surface area contributed by atoms with Crippen LogP contribution in [0.15, 0.2) is 30.8 Å². The van der Waals surface area contributed by atoms with Gasteiger partial charge in [0.25, 0.3) is 0 Å². The van der Waals surface area contributed by atoms with Crippen LogP contribution < -0.4 is 0 Å². The van der Waals surface area contributed by atoms with Crippen molar-refractivity contribution < 1.29 is 14.3 Å². The number of ether oxygens (including phenoxy) is 2. The fourth-order valence-electron chi connectivity index (χ4n) is 1.05. The van der Waals surface area contributed by atoms with Gasteiger partial charge in [0, 0.05) is 0 Å². The molecule has 0 amide bonds. The van der Waals surface area contributed by atoms with Crippen molar-refractivity contribution >= 4 is 12.0 Å². The van der Waals surface area contributed by atoms with Gasteiger partial charge in [0.05, 0.1) is 5.56 Å². The van der Waals surface area contributed by atoms with Crippen molar-refractivity contribution in [2.45, 2.75) is 6.29 Å². The molecule has 2 rings (SSSR count). The number of rotatable bonds is 3. The number of benzene rings is 1. The second-order valence-electron chi connectivity index (χ2n) is 2.99. The Labute approximate surface area is 81.9 Å². The predicted octanol–water partition coefficient (Wildman–Crippen LogP) is 1.84. The lowest BCUT2D eigenvalue weighted by Gasteiger charge is -2.00. The van der Waals surface area contributed by atoms with Crippen LogP contribution in [0, 0.1) is 0 Å². The molecule has 0 spiro atoms. The number of hydrogen-bond donors (Lipinski definition) is 0. The number of epoxide rings is 1. The van der Waals surface area contributed by atoms with Gasteiger partial charge in [0.15, 0.2) is 0 Å². The third kappa shape index (κ3) is 2.00. The predicted molar refractivity (Wildman–Crippen MR) is 51.7 cm³/mol. The van der Waals surface area contributed by atoms with Gasteiger partial charge >= 0.3 is 5.97 Å². The molecule has 1 fully saturated rings. The van der Waals surface area contributed by atoms with Gasteiger partial charge in [-0.05, 0) is 17.7 Å². The summed E-state index contributed by atoms with van der Waals surface area (Å²) in [5, 5.41) is 0. The molecule has 0 aliphatic carbocycles. The summed E-state index contributed by atoms with van der Waals surface area (Å²) < 4.78 is 9.72. The Morgan fingerprint density at radius 2 is 2.14 bits per heavy atom. The van der Waals surface area contributed by atoms with E-state index < -0.39 is 0 Å². The van der Waals surface area contributed by atoms with Crippen molar-refractivity contribution in [1.29, 1.82) is 0 Å². The summed E-state index contributed by atoms with van der Waals surface area (Å²) >= 11 is 0. The lowest BCUT2D eigenvalue weighted by Crippen LogP contribution is -2.07. The average molecular weight is 190 g/mol. The van der Waals surface area contributed by atoms with E-state index >= 15 is 0 Å². The van der Waals surface area contributed by atoms with Gasteiger partial charge < -0.3 is 9.47 Å². The molecule has 0 saturated carbocycles. The van der Waals surface area contributed by atoms with Crippen molar-refractivity contribution in [2.24, 2.45) is 0 Å². The summed E-state index contributed by atoms with van der Waals surface area (Å²) in [6.45, 7) is 4.14. The fourth-order valence-corrected chi connectivity index (χ4v) is 1.05. The van der Waals surface area contributed by atoms with E-state index in [1.54, 1.807) is 18.2 Å². The summed E-state index contributed by atoms with van der Waals surface area (Å²) in [4.78, 5) is 11.4. The molecule has 1 aliphatic heterocycles. The molecular weight excluding hydrogens is 180 g/mol. The molecule has 3 nitrogen and oxygen atoms in total. The maximum absolute atomic E-state index is 11.4. The number of esters is 1. The Morgan fingerprint density at radius 1 is 1.50 bits per heavy atom. The highest BCUT2D eigenvalue weighted by Crippen LogP contribution is 2.14. The summed E-state index contributed by atoms with van der Waals surface area (Å²) in [6, 6.07) is 7.05. The van der Waals surface area contributed by atoms with Crippen LogP contribution in [0.2, 0.25) is 0 Å². The van der Waals surface area contributed by atoms with E-state index in [-0.39, 0.29) is 12.3 Å². The number of carbonyl (C=O) groups is 1. The fraction of sp³-hybridized carbons (Fsp3) is 0.182. The Bertz CT molecular complexity index is 349. The Hall–Kier alpha value is -1.61. The molecule has 3 heteroatoms. The molecule has 1 aromatic rings. The maximum Gasteiger partial charge on any atom is 0.340 e. The molecule has 72 valence electrons. The van der Waals surface area contributed by atoms with Gasteiger partial charge in [-0.25, -0.2) is 4.79 Å². The molecule has 14 heavy (non-hydrogen) atoms. The van der Waals surface area contributed by atoms with Crippen molar-refractivity contribution in [2.75, 3.05) is 6.61 Å². The van der Waals surface area contributed by atoms with Crippen LogP contribution in [0.1, 0.15) is 15.9 Å². The zero-order valence-electron chi connectivity index (χ0n) is 7.60. The molecule has 1 atom stereocenters. The normalized spacial score (nSPS) is 18.7. The minimum atomic E-state index is -0.344. The third-order valence-electron chi connectivity index (χ3n) is 1.92. The zero-order valence-corrected chi connectivity index (χ0v) is 7.60. The lowest BCUT2D eigenvalue weighted by molar-refractivity contribution is 0.0297. The molecule has 0 bridgehead atoms. The molecule has 1 aromatic carbocycles. The first-order valence-corrected chi connectivity index (χ1v) is 4.34. The Balaban J connectivity index is 2.06. The zero-order chi connectivity index (χ0) is 9.97. The van der Waals surface area contributed by atoms with E-state index in [1.807, 2.05) is 12.1 Å². The maximum atomic E-state index is 11.4. The Morgan fingerprint density at radius 3 is 2.64 bits per heavy atom. The standard InChI is InChI=1S/C11H10O3/c1-2-8-3-5-9(6-4-8)11(12)14-10-7-13-10/h2-6,10H,1,7H2. The minimum Gasteiger partial charge on any atom is -0.430 e. The quantitative estimate of drug-likeness (QED) is 0.539. The van der Waals surface area contributed by atoms with Crippen LogP contribution in [0.4, 0.5) is 0 Å². The topological polar surface area (TPSA) is 38.8 Å². The SMILES string of the molecule is C=Cc1ccc(C(=O)OC2CO2)cc1. The van der Waals surface area contributed by atoms with Crippen LogP contribution in [0.5, 0.6) is 0 Å². The highest BCUT2D eigenvalue weighted by Gasteiger charge is 2.27. The van der Waals surface area contributed by atoms with E-state index in [2.05, 4.69) is 6.58 Å². The van der Waals surface area contributed by atoms with Crippen LogP contribution in [0.25, 0.3) is 6.08 Å². The first kappa shape index (κ1) is 8.97. The number of carbonyl (C=O) groups excluding carboxylic acids is 1. The second-order valence-corrected chi connectivity index (χ2v) is 2.99. The molecular formula is C11H10O3. The smallest absolute Gasteiger partial charge is 0.340 e. The highest BCUT2D eigenvalue weighted by molar-refractivity contribution is 5.89. The van der Waals surface area contributed by atoms with E-state index in [9.17, 15) is 4.79 Å². The Kier molecular flexibility index (Phi) is 2.33. The summed E-state index contributed by atoms with van der Waals surface area (Å²) in [6.07, 6.45) is 1.39. The average Bonchev–Trinajstić information content (AvgIpc) is 3.02. The molecule has 0 N–H and O–H groups in total. The first-order chi connectivity index (χ1) is 6.79. The van der Waals surface area contributed by atoms with Gasteiger partial charge in [-0.2, -0.15) is 0 Å². The highest BCUT2D eigenvalue weighted by atomic mass is 16.8. The van der Waals surface area contributed by atoms with Crippen molar-refractivity contribution in [3.63, 3.8) is 0 Å². The monoisotopic (exact) mass is 190 g/mol. The largest absolute Gasteiger partial charge is 0.430 e. The summed E-state index contributed by atoms with van der Waals surface area (Å²) in [5.41, 5.74) is 1.51. The first-order valence-electron chi connectivity index (χ1n) is 4.34. The van der Waals surface area contributed by atoms with Gasteiger partial charge in [-0.1, -0.05) is 24.8 Å². The third-order valence-corrected chi connectivity index (χ3v) is 1.92. The van der Waals surface area contributed by atoms with Gasteiger partial charge in [-0.15, -0.1) is 0 Å². The van der Waals surface area contributed by atoms with Gasteiger partial charge in [0.2, 0.25) is 6.29 Å². The van der Waals surface area contributed by atoms with E-state index in [1.165, 1.54) is 0 Å². The van der Waals surface area contributed by atoms with E-state index in [0.29, 0.717) is 12.2 Å². The van der Waals surface area contributed by atoms with Crippen LogP contribution in [-0.4, -0.2) is 18.9 Å². The summed E-state index contributed by atoms with van der Waals surface area (Å²) in [5.74, 6) is -0.344. The van der Waals surface area contributed by atoms with E-state index in [0.717, 1.165) is 5.56 Å². The minimum absolute atomic E-state index is 0.332. The number of hydrogen-bond acceptors (Lipinski definition) is 3. The molecule has 1 unspecified atom stereocenters. The van der Waals surface area contributed by atoms with Crippen LogP contribution >= 0.6 is 0 Å².